The molecule has 0 saturated carbocycles. The third kappa shape index (κ3) is 10.2. The lowest BCUT2D eigenvalue weighted by Crippen LogP contribution is -2.58. The highest BCUT2D eigenvalue weighted by Gasteiger charge is 2.31. The van der Waals surface area contributed by atoms with E-state index in [1.54, 1.807) is 36.7 Å². The first-order valence-electron chi connectivity index (χ1n) is 15.1. The number of hydrogen-bond donors (Lipinski definition) is 10. The molecule has 248 valence electrons. The van der Waals surface area contributed by atoms with E-state index < -0.39 is 47.9 Å². The molecule has 0 bridgehead atoms. The maximum Gasteiger partial charge on any atom is 0.326 e. The molecule has 4 rings (SSSR count). The van der Waals surface area contributed by atoms with Gasteiger partial charge in [-0.1, -0.05) is 48.5 Å². The van der Waals surface area contributed by atoms with E-state index in [0.29, 0.717) is 17.7 Å². The van der Waals surface area contributed by atoms with Crippen LogP contribution in [0.15, 0.2) is 73.3 Å². The molecule has 0 spiro atoms. The van der Waals surface area contributed by atoms with Crippen molar-refractivity contribution in [2.75, 3.05) is 6.54 Å². The molecule has 12 N–H and O–H groups in total. The third-order valence-corrected chi connectivity index (χ3v) is 7.57. The predicted octanol–water partition coefficient (Wildman–Crippen LogP) is 0.0485. The topological polar surface area (TPSA) is 257 Å². The van der Waals surface area contributed by atoms with Crippen molar-refractivity contribution in [1.29, 1.82) is 5.41 Å². The molecule has 15 nitrogen and oxygen atoms in total. The Bertz CT molecular complexity index is 1660. The van der Waals surface area contributed by atoms with E-state index in [9.17, 15) is 24.3 Å². The normalized spacial score (nSPS) is 13.6. The smallest absolute Gasteiger partial charge is 0.326 e. The SMILES string of the molecule is N=C(N)NCCC[C@H](NC(=O)[C@@H](Cc1ccccc1)NC(=O)[C@@H](N)Cc1c[nH]cn1)C(=O)N[C@@H](Cc1c[nH]c2ccccc12)C(=O)O. The highest BCUT2D eigenvalue weighted by Crippen LogP contribution is 2.19. The monoisotopic (exact) mass is 644 g/mol. The number of aromatic amines is 2. The number of carbonyl (C=O) groups is 4. The quantitative estimate of drug-likeness (QED) is 0.0422. The van der Waals surface area contributed by atoms with E-state index in [1.807, 2.05) is 30.3 Å². The summed E-state index contributed by atoms with van der Waals surface area (Å²) >= 11 is 0. The van der Waals surface area contributed by atoms with Gasteiger partial charge in [0.1, 0.15) is 18.1 Å². The van der Waals surface area contributed by atoms with Gasteiger partial charge in [0.2, 0.25) is 17.7 Å². The van der Waals surface area contributed by atoms with Crippen molar-refractivity contribution < 1.29 is 24.3 Å². The van der Waals surface area contributed by atoms with Crippen molar-refractivity contribution in [2.45, 2.75) is 56.3 Å². The summed E-state index contributed by atoms with van der Waals surface area (Å²) in [4.78, 5) is 62.7. The molecule has 2 aromatic carbocycles. The van der Waals surface area contributed by atoms with Gasteiger partial charge in [-0.2, -0.15) is 0 Å². The van der Waals surface area contributed by atoms with Crippen LogP contribution in [0.25, 0.3) is 10.9 Å². The third-order valence-electron chi connectivity index (χ3n) is 7.57. The zero-order valence-electron chi connectivity index (χ0n) is 25.7. The van der Waals surface area contributed by atoms with Gasteiger partial charge >= 0.3 is 5.97 Å². The molecule has 3 amide bonds. The first-order chi connectivity index (χ1) is 22.6. The van der Waals surface area contributed by atoms with Gasteiger partial charge in [-0.3, -0.25) is 19.8 Å². The van der Waals surface area contributed by atoms with Crippen LogP contribution < -0.4 is 32.7 Å². The van der Waals surface area contributed by atoms with Crippen LogP contribution in [0.4, 0.5) is 0 Å². The van der Waals surface area contributed by atoms with E-state index in [1.165, 1.54) is 6.33 Å². The van der Waals surface area contributed by atoms with E-state index in [2.05, 4.69) is 36.2 Å². The molecule has 0 aliphatic heterocycles. The van der Waals surface area contributed by atoms with Crippen LogP contribution in [0, 0.1) is 5.41 Å². The number of H-pyrrole nitrogens is 2. The molecule has 15 heteroatoms. The fraction of sp³-hybridized carbons (Fsp3) is 0.312. The number of nitrogens with one attached hydrogen (secondary N) is 7. The van der Waals surface area contributed by atoms with Crippen molar-refractivity contribution in [1.82, 2.24) is 36.2 Å². The standard InChI is InChI=1S/C32H40N10O5/c33-23(15-21-17-36-18-39-21)28(43)41-26(13-19-7-2-1-3-8-19)30(45)40-25(11-6-12-37-32(34)35)29(44)42-27(31(46)47)14-20-16-38-24-10-5-4-9-22(20)24/h1-5,7-10,16-18,23,25-27,38H,6,11-15,33H2,(H,36,39)(H,40,45)(H,41,43)(H,42,44)(H,46,47)(H4,34,35,37)/t23-,25-,26+,27-/m0/s1. The Morgan fingerprint density at radius 2 is 1.53 bits per heavy atom. The molecule has 0 saturated heterocycles. The van der Waals surface area contributed by atoms with Gasteiger partial charge in [-0.25, -0.2) is 9.78 Å². The summed E-state index contributed by atoms with van der Waals surface area (Å²) in [6, 6.07) is 11.9. The van der Waals surface area contributed by atoms with Gasteiger partial charge in [-0.15, -0.1) is 0 Å². The number of imidazole rings is 1. The molecule has 0 radical (unpaired) electrons. The fourth-order valence-electron chi connectivity index (χ4n) is 5.12. The molecule has 4 atom stereocenters. The summed E-state index contributed by atoms with van der Waals surface area (Å²) in [6.45, 7) is 0.235. The molecule has 4 aromatic rings. The second-order valence-corrected chi connectivity index (χ2v) is 11.1. The summed E-state index contributed by atoms with van der Waals surface area (Å²) in [6.07, 6.45) is 5.42. The first kappa shape index (κ1) is 34.2. The highest BCUT2D eigenvalue weighted by atomic mass is 16.4. The van der Waals surface area contributed by atoms with Gasteiger partial charge in [0.25, 0.3) is 0 Å². The van der Waals surface area contributed by atoms with Gasteiger partial charge in [0.15, 0.2) is 5.96 Å². The number of nitrogens with zero attached hydrogens (tertiary/aromatic N) is 1. The van der Waals surface area contributed by atoms with Crippen LogP contribution in [-0.4, -0.2) is 80.4 Å². The molecule has 2 aromatic heterocycles. The maximum atomic E-state index is 13.7. The van der Waals surface area contributed by atoms with Crippen molar-refractivity contribution in [2.24, 2.45) is 11.5 Å². The molecule has 2 heterocycles. The molecule has 47 heavy (non-hydrogen) atoms. The average molecular weight is 645 g/mol. The van der Waals surface area contributed by atoms with Crippen molar-refractivity contribution in [3.05, 3.63) is 90.1 Å². The number of carboxylic acid groups (broad SMARTS) is 1. The van der Waals surface area contributed by atoms with Gasteiger partial charge < -0.3 is 47.8 Å². The number of aromatic nitrogens is 3. The van der Waals surface area contributed by atoms with Gasteiger partial charge in [0.05, 0.1) is 18.1 Å². The minimum atomic E-state index is -1.30. The lowest BCUT2D eigenvalue weighted by molar-refractivity contribution is -0.142. The zero-order chi connectivity index (χ0) is 33.8. The average Bonchev–Trinajstić information content (AvgIpc) is 3.72. The first-order valence-corrected chi connectivity index (χ1v) is 15.1. The summed E-state index contributed by atoms with van der Waals surface area (Å²) in [5, 5.41) is 28.9. The second kappa shape index (κ2) is 16.6. The number of carbonyl (C=O) groups excluding carboxylic acids is 3. The molecule has 0 unspecified atom stereocenters. The number of amides is 3. The zero-order valence-corrected chi connectivity index (χ0v) is 25.7. The maximum absolute atomic E-state index is 13.7. The lowest BCUT2D eigenvalue weighted by atomic mass is 10.0. The van der Waals surface area contributed by atoms with Gasteiger partial charge in [-0.05, 0) is 30.0 Å². The van der Waals surface area contributed by atoms with Crippen molar-refractivity contribution in [3.8, 4) is 0 Å². The van der Waals surface area contributed by atoms with Gasteiger partial charge in [0, 0.05) is 49.1 Å². The Labute approximate surface area is 270 Å². The summed E-state index contributed by atoms with van der Waals surface area (Å²) in [7, 11) is 0. The van der Waals surface area contributed by atoms with Crippen molar-refractivity contribution in [3.63, 3.8) is 0 Å². The van der Waals surface area contributed by atoms with Crippen LogP contribution in [-0.2, 0) is 38.4 Å². The van der Waals surface area contributed by atoms with Crippen LogP contribution in [0.2, 0.25) is 0 Å². The minimum Gasteiger partial charge on any atom is -0.480 e. The summed E-state index contributed by atoms with van der Waals surface area (Å²) in [5.41, 5.74) is 14.4. The molecular formula is C32H40N10O5. The number of nitrogens with two attached hydrogens (primary N) is 2. The number of guanidine groups is 1. The Hall–Kier alpha value is -5.70. The van der Waals surface area contributed by atoms with Crippen molar-refractivity contribution >= 4 is 40.6 Å². The minimum absolute atomic E-state index is 0.00176. The van der Waals surface area contributed by atoms with E-state index in [4.69, 9.17) is 16.9 Å². The number of benzene rings is 2. The van der Waals surface area contributed by atoms with E-state index in [0.717, 1.165) is 16.5 Å². The highest BCUT2D eigenvalue weighted by molar-refractivity contribution is 5.94. The Kier molecular flexibility index (Phi) is 12.0. The largest absolute Gasteiger partial charge is 0.480 e. The number of hydrogen-bond acceptors (Lipinski definition) is 7. The molecule has 0 fully saturated rings. The molecule has 0 aliphatic rings. The second-order valence-electron chi connectivity index (χ2n) is 11.1. The fourth-order valence-corrected chi connectivity index (χ4v) is 5.12. The molecule has 0 aliphatic carbocycles. The van der Waals surface area contributed by atoms with Crippen LogP contribution in [0.3, 0.4) is 0 Å². The Morgan fingerprint density at radius 3 is 2.23 bits per heavy atom. The lowest BCUT2D eigenvalue weighted by Gasteiger charge is -2.25. The van der Waals surface area contributed by atoms with Crippen LogP contribution >= 0.6 is 0 Å². The van der Waals surface area contributed by atoms with Crippen LogP contribution in [0.1, 0.15) is 29.7 Å². The number of para-hydroxylation sites is 1. The Balaban J connectivity index is 1.50. The number of fused-ring (bicyclic) bond motifs is 1. The predicted molar refractivity (Wildman–Crippen MR) is 175 cm³/mol. The summed E-state index contributed by atoms with van der Waals surface area (Å²) < 4.78 is 0. The summed E-state index contributed by atoms with van der Waals surface area (Å²) in [5.74, 6) is -3.45. The molecular weight excluding hydrogens is 604 g/mol. The Morgan fingerprint density at radius 1 is 0.851 bits per heavy atom. The number of carboxylic acids is 1. The van der Waals surface area contributed by atoms with E-state index in [-0.39, 0.29) is 38.2 Å². The number of rotatable bonds is 17. The van der Waals surface area contributed by atoms with E-state index >= 15 is 0 Å². The number of aliphatic carboxylic acids is 1. The van der Waals surface area contributed by atoms with Crippen LogP contribution in [0.5, 0.6) is 0 Å².